The van der Waals surface area contributed by atoms with Gasteiger partial charge >= 0.3 is 0 Å². The number of hydrogen-bond acceptors (Lipinski definition) is 8. The Bertz CT molecular complexity index is 769. The maximum atomic E-state index is 5.17. The monoisotopic (exact) mass is 346 g/mol. The lowest BCUT2D eigenvalue weighted by Gasteiger charge is -2.06. The molecule has 0 bridgehead atoms. The van der Waals surface area contributed by atoms with E-state index in [2.05, 4.69) is 38.0 Å². The van der Waals surface area contributed by atoms with E-state index < -0.39 is 0 Å². The van der Waals surface area contributed by atoms with Gasteiger partial charge in [-0.05, 0) is 45.0 Å². The Morgan fingerprint density at radius 1 is 1.04 bits per heavy atom. The van der Waals surface area contributed by atoms with E-state index in [1.165, 1.54) is 11.8 Å². The van der Waals surface area contributed by atoms with E-state index in [0.29, 0.717) is 12.3 Å². The SMILES string of the molecule is CCCn1nnnc1CSc1nnnn1Cc1ccc(OC)cc1. The van der Waals surface area contributed by atoms with E-state index in [1.807, 2.05) is 28.9 Å². The summed E-state index contributed by atoms with van der Waals surface area (Å²) in [6, 6.07) is 7.84. The van der Waals surface area contributed by atoms with Gasteiger partial charge in [-0.25, -0.2) is 9.36 Å². The molecule has 10 heteroatoms. The first-order valence-corrected chi connectivity index (χ1v) is 8.55. The minimum Gasteiger partial charge on any atom is -0.497 e. The number of methoxy groups -OCH3 is 1. The van der Waals surface area contributed by atoms with Gasteiger partial charge in [0.1, 0.15) is 5.75 Å². The zero-order valence-electron chi connectivity index (χ0n) is 13.5. The number of rotatable bonds is 8. The number of hydrogen-bond donors (Lipinski definition) is 0. The summed E-state index contributed by atoms with van der Waals surface area (Å²) in [5.41, 5.74) is 1.10. The van der Waals surface area contributed by atoms with Crippen molar-refractivity contribution in [1.82, 2.24) is 40.4 Å². The van der Waals surface area contributed by atoms with E-state index in [1.54, 1.807) is 11.8 Å². The molecule has 0 unspecified atom stereocenters. The predicted molar refractivity (Wildman–Crippen MR) is 87.6 cm³/mol. The second kappa shape index (κ2) is 7.86. The Morgan fingerprint density at radius 2 is 1.79 bits per heavy atom. The summed E-state index contributed by atoms with van der Waals surface area (Å²) >= 11 is 1.52. The van der Waals surface area contributed by atoms with Gasteiger partial charge in [0.15, 0.2) is 5.82 Å². The smallest absolute Gasteiger partial charge is 0.210 e. The van der Waals surface area contributed by atoms with Gasteiger partial charge in [-0.15, -0.1) is 10.2 Å². The van der Waals surface area contributed by atoms with E-state index in [9.17, 15) is 0 Å². The summed E-state index contributed by atoms with van der Waals surface area (Å²) < 4.78 is 8.74. The lowest BCUT2D eigenvalue weighted by Crippen LogP contribution is -2.06. The predicted octanol–water partition coefficient (Wildman–Crippen LogP) is 1.42. The molecule has 126 valence electrons. The molecular formula is C14H18N8OS. The molecule has 0 amide bonds. The minimum absolute atomic E-state index is 0.596. The van der Waals surface area contributed by atoms with E-state index in [4.69, 9.17) is 4.74 Å². The van der Waals surface area contributed by atoms with Gasteiger partial charge in [0.25, 0.3) is 0 Å². The number of nitrogens with zero attached hydrogens (tertiary/aromatic N) is 8. The summed E-state index contributed by atoms with van der Waals surface area (Å²) in [5.74, 6) is 2.27. The van der Waals surface area contributed by atoms with Crippen LogP contribution in [0.2, 0.25) is 0 Å². The first kappa shape index (κ1) is 16.4. The molecule has 24 heavy (non-hydrogen) atoms. The normalized spacial score (nSPS) is 10.9. The van der Waals surface area contributed by atoms with Crippen LogP contribution in [0.15, 0.2) is 29.4 Å². The average molecular weight is 346 g/mol. The fourth-order valence-electron chi connectivity index (χ4n) is 2.14. The van der Waals surface area contributed by atoms with Gasteiger partial charge in [0.2, 0.25) is 5.16 Å². The van der Waals surface area contributed by atoms with Crippen LogP contribution in [0.3, 0.4) is 0 Å². The summed E-state index contributed by atoms with van der Waals surface area (Å²) in [7, 11) is 1.65. The van der Waals surface area contributed by atoms with Crippen LogP contribution in [0.25, 0.3) is 0 Å². The highest BCUT2D eigenvalue weighted by Gasteiger charge is 2.11. The maximum absolute atomic E-state index is 5.17. The van der Waals surface area contributed by atoms with Crippen molar-refractivity contribution in [3.63, 3.8) is 0 Å². The number of benzene rings is 1. The number of thioether (sulfide) groups is 1. The van der Waals surface area contributed by atoms with Gasteiger partial charge in [0.05, 0.1) is 19.4 Å². The fraction of sp³-hybridized carbons (Fsp3) is 0.429. The molecule has 9 nitrogen and oxygen atoms in total. The molecule has 2 heterocycles. The topological polar surface area (TPSA) is 96.4 Å². The molecule has 0 fully saturated rings. The fourth-order valence-corrected chi connectivity index (χ4v) is 2.95. The van der Waals surface area contributed by atoms with Crippen LogP contribution < -0.4 is 4.74 Å². The first-order valence-electron chi connectivity index (χ1n) is 7.57. The zero-order valence-corrected chi connectivity index (χ0v) is 14.3. The van der Waals surface area contributed by atoms with E-state index in [-0.39, 0.29) is 0 Å². The van der Waals surface area contributed by atoms with E-state index in [0.717, 1.165) is 35.3 Å². The summed E-state index contributed by atoms with van der Waals surface area (Å²) in [4.78, 5) is 0. The third kappa shape index (κ3) is 3.88. The van der Waals surface area contributed by atoms with Gasteiger partial charge < -0.3 is 4.74 Å². The standard InChI is InChI=1S/C14H18N8OS/c1-3-8-21-13(15-17-19-21)10-24-14-16-18-20-22(14)9-11-4-6-12(23-2)7-5-11/h4-7H,3,8-10H2,1-2H3. The lowest BCUT2D eigenvalue weighted by atomic mass is 10.2. The van der Waals surface area contributed by atoms with Gasteiger partial charge in [0, 0.05) is 6.54 Å². The van der Waals surface area contributed by atoms with Crippen molar-refractivity contribution >= 4 is 11.8 Å². The largest absolute Gasteiger partial charge is 0.497 e. The second-order valence-corrected chi connectivity index (χ2v) is 6.02. The summed E-state index contributed by atoms with van der Waals surface area (Å²) in [6.07, 6.45) is 0.984. The Kier molecular flexibility index (Phi) is 5.36. The molecule has 1 aromatic carbocycles. The Hall–Kier alpha value is -2.49. The first-order chi connectivity index (χ1) is 11.8. The molecule has 0 atom stereocenters. The number of ether oxygens (including phenoxy) is 1. The molecule has 2 aromatic heterocycles. The van der Waals surface area contributed by atoms with Crippen LogP contribution in [-0.2, 0) is 18.8 Å². The molecule has 0 saturated heterocycles. The molecule has 0 aliphatic rings. The van der Waals surface area contributed by atoms with Crippen LogP contribution in [-0.4, -0.2) is 47.5 Å². The van der Waals surface area contributed by atoms with Gasteiger partial charge in [-0.2, -0.15) is 0 Å². The van der Waals surface area contributed by atoms with Crippen molar-refractivity contribution in [3.05, 3.63) is 35.7 Å². The molecule has 0 N–H and O–H groups in total. The van der Waals surface area contributed by atoms with Crippen LogP contribution in [0.5, 0.6) is 5.75 Å². The van der Waals surface area contributed by atoms with Crippen molar-refractivity contribution in [2.45, 2.75) is 37.3 Å². The highest BCUT2D eigenvalue weighted by molar-refractivity contribution is 7.98. The Morgan fingerprint density at radius 3 is 2.54 bits per heavy atom. The third-order valence-corrected chi connectivity index (χ3v) is 4.32. The number of aromatic nitrogens is 8. The van der Waals surface area contributed by atoms with Crippen LogP contribution in [0.1, 0.15) is 24.7 Å². The molecule has 3 aromatic rings. The molecule has 0 aliphatic carbocycles. The Balaban J connectivity index is 1.65. The van der Waals surface area contributed by atoms with E-state index >= 15 is 0 Å². The van der Waals surface area contributed by atoms with Crippen molar-refractivity contribution in [1.29, 1.82) is 0 Å². The molecule has 0 aliphatic heterocycles. The highest BCUT2D eigenvalue weighted by Crippen LogP contribution is 2.20. The lowest BCUT2D eigenvalue weighted by molar-refractivity contribution is 0.414. The molecular weight excluding hydrogens is 328 g/mol. The maximum Gasteiger partial charge on any atom is 0.210 e. The highest BCUT2D eigenvalue weighted by atomic mass is 32.2. The summed E-state index contributed by atoms with van der Waals surface area (Å²) in [5, 5.41) is 24.4. The van der Waals surface area contributed by atoms with Crippen LogP contribution >= 0.6 is 11.8 Å². The third-order valence-electron chi connectivity index (χ3n) is 3.36. The number of aryl methyl sites for hydroxylation is 1. The summed E-state index contributed by atoms with van der Waals surface area (Å²) in [6.45, 7) is 3.49. The Labute approximate surface area is 143 Å². The van der Waals surface area contributed by atoms with Gasteiger partial charge in [-0.1, -0.05) is 30.8 Å². The van der Waals surface area contributed by atoms with Crippen LogP contribution in [0.4, 0.5) is 0 Å². The van der Waals surface area contributed by atoms with Crippen molar-refractivity contribution < 1.29 is 4.74 Å². The van der Waals surface area contributed by atoms with Gasteiger partial charge in [-0.3, -0.25) is 0 Å². The average Bonchev–Trinajstić information content (AvgIpc) is 3.23. The molecule has 0 saturated carbocycles. The molecule has 0 radical (unpaired) electrons. The van der Waals surface area contributed by atoms with Crippen molar-refractivity contribution in [3.8, 4) is 5.75 Å². The molecule has 3 rings (SSSR count). The van der Waals surface area contributed by atoms with Crippen molar-refractivity contribution in [2.24, 2.45) is 0 Å². The zero-order chi connectivity index (χ0) is 16.8. The van der Waals surface area contributed by atoms with Crippen LogP contribution in [0, 0.1) is 0 Å². The minimum atomic E-state index is 0.596. The van der Waals surface area contributed by atoms with Crippen molar-refractivity contribution in [2.75, 3.05) is 7.11 Å². The number of tetrazole rings is 2. The second-order valence-electron chi connectivity index (χ2n) is 5.07. The molecule has 0 spiro atoms. The quantitative estimate of drug-likeness (QED) is 0.565.